The standard InChI is InChI=1S/C9H10N2O4/c1-5(12)11-10-4-6-2-3-7(13)9(15)8(6)14/h2-4,13-15H,1H3,(H,11,12). The first-order chi connectivity index (χ1) is 7.02. The number of aromatic hydroxyl groups is 3. The molecule has 0 spiro atoms. The summed E-state index contributed by atoms with van der Waals surface area (Å²) in [6, 6.07) is 2.54. The van der Waals surface area contributed by atoms with Crippen LogP contribution in [0.5, 0.6) is 17.2 Å². The lowest BCUT2D eigenvalue weighted by Crippen LogP contribution is -2.12. The zero-order valence-electron chi connectivity index (χ0n) is 7.93. The number of nitrogens with zero attached hydrogens (tertiary/aromatic N) is 1. The van der Waals surface area contributed by atoms with E-state index in [0.717, 1.165) is 6.21 Å². The Morgan fingerprint density at radius 3 is 2.60 bits per heavy atom. The van der Waals surface area contributed by atoms with Crippen molar-refractivity contribution in [3.05, 3.63) is 17.7 Å². The highest BCUT2D eigenvalue weighted by Gasteiger charge is 2.08. The molecule has 0 aromatic heterocycles. The van der Waals surface area contributed by atoms with Crippen molar-refractivity contribution in [1.82, 2.24) is 5.43 Å². The van der Waals surface area contributed by atoms with Crippen LogP contribution in [-0.4, -0.2) is 27.4 Å². The third kappa shape index (κ3) is 2.60. The van der Waals surface area contributed by atoms with Crippen LogP contribution in [0.3, 0.4) is 0 Å². The van der Waals surface area contributed by atoms with Crippen LogP contribution in [0.1, 0.15) is 12.5 Å². The second-order valence-corrected chi connectivity index (χ2v) is 2.80. The number of hydrogen-bond acceptors (Lipinski definition) is 5. The number of nitrogens with one attached hydrogen (secondary N) is 1. The van der Waals surface area contributed by atoms with Gasteiger partial charge in [-0.1, -0.05) is 0 Å². The van der Waals surface area contributed by atoms with Crippen LogP contribution in [0.15, 0.2) is 17.2 Å². The number of phenols is 3. The van der Waals surface area contributed by atoms with Crippen molar-refractivity contribution in [3.8, 4) is 17.2 Å². The molecule has 0 saturated carbocycles. The van der Waals surface area contributed by atoms with E-state index in [1.165, 1.54) is 19.1 Å². The maximum atomic E-state index is 10.5. The highest BCUT2D eigenvalue weighted by molar-refractivity contribution is 5.86. The summed E-state index contributed by atoms with van der Waals surface area (Å²) < 4.78 is 0. The molecular formula is C9H10N2O4. The fourth-order valence-corrected chi connectivity index (χ4v) is 0.882. The normalized spacial score (nSPS) is 10.5. The number of rotatable bonds is 2. The Morgan fingerprint density at radius 2 is 2.00 bits per heavy atom. The van der Waals surface area contributed by atoms with Crippen molar-refractivity contribution >= 4 is 12.1 Å². The van der Waals surface area contributed by atoms with E-state index >= 15 is 0 Å². The van der Waals surface area contributed by atoms with Crippen molar-refractivity contribution in [2.45, 2.75) is 6.92 Å². The van der Waals surface area contributed by atoms with Gasteiger partial charge < -0.3 is 15.3 Å². The maximum Gasteiger partial charge on any atom is 0.236 e. The minimum atomic E-state index is -0.623. The molecule has 0 aliphatic rings. The van der Waals surface area contributed by atoms with Crippen LogP contribution in [0, 0.1) is 0 Å². The fourth-order valence-electron chi connectivity index (χ4n) is 0.882. The van der Waals surface area contributed by atoms with E-state index in [0.29, 0.717) is 0 Å². The van der Waals surface area contributed by atoms with Gasteiger partial charge in [0.1, 0.15) is 0 Å². The van der Waals surface area contributed by atoms with Gasteiger partial charge in [0.2, 0.25) is 11.7 Å². The minimum Gasteiger partial charge on any atom is -0.504 e. The molecule has 0 radical (unpaired) electrons. The van der Waals surface area contributed by atoms with Gasteiger partial charge in [0.15, 0.2) is 11.5 Å². The molecule has 1 aromatic carbocycles. The lowest BCUT2D eigenvalue weighted by Gasteiger charge is -2.02. The molecule has 0 unspecified atom stereocenters. The van der Waals surface area contributed by atoms with E-state index in [9.17, 15) is 9.90 Å². The SMILES string of the molecule is CC(=O)NN=Cc1ccc(O)c(O)c1O. The van der Waals surface area contributed by atoms with Gasteiger partial charge >= 0.3 is 0 Å². The minimum absolute atomic E-state index is 0.180. The Labute approximate surface area is 85.5 Å². The first kappa shape index (κ1) is 10.8. The number of carbonyl (C=O) groups excluding carboxylic acids is 1. The molecule has 80 valence electrons. The molecular weight excluding hydrogens is 200 g/mol. The van der Waals surface area contributed by atoms with E-state index in [4.69, 9.17) is 10.2 Å². The Hall–Kier alpha value is -2.24. The molecule has 1 aromatic rings. The molecule has 0 fully saturated rings. The first-order valence-electron chi connectivity index (χ1n) is 4.06. The topological polar surface area (TPSA) is 102 Å². The number of hydrazone groups is 1. The summed E-state index contributed by atoms with van der Waals surface area (Å²) in [6.07, 6.45) is 1.15. The van der Waals surface area contributed by atoms with Crippen LogP contribution in [0.2, 0.25) is 0 Å². The van der Waals surface area contributed by atoms with Gasteiger partial charge in [-0.25, -0.2) is 5.43 Å². The predicted molar refractivity (Wildman–Crippen MR) is 52.8 cm³/mol. The summed E-state index contributed by atoms with van der Waals surface area (Å²) in [6.45, 7) is 1.28. The predicted octanol–water partition coefficient (Wildman–Crippen LogP) is 0.273. The third-order valence-corrected chi connectivity index (χ3v) is 1.59. The Kier molecular flexibility index (Phi) is 3.12. The van der Waals surface area contributed by atoms with Crippen LogP contribution >= 0.6 is 0 Å². The second kappa shape index (κ2) is 4.32. The highest BCUT2D eigenvalue weighted by atomic mass is 16.3. The van der Waals surface area contributed by atoms with Gasteiger partial charge in [0, 0.05) is 12.5 Å². The lowest BCUT2D eigenvalue weighted by molar-refractivity contribution is -0.118. The van der Waals surface area contributed by atoms with Crippen molar-refractivity contribution in [3.63, 3.8) is 0 Å². The van der Waals surface area contributed by atoms with E-state index in [1.807, 2.05) is 0 Å². The number of phenolic OH excluding ortho intramolecular Hbond substituents is 3. The molecule has 1 amide bonds. The zero-order chi connectivity index (χ0) is 11.4. The number of carbonyl (C=O) groups is 1. The smallest absolute Gasteiger partial charge is 0.236 e. The van der Waals surface area contributed by atoms with Crippen molar-refractivity contribution in [1.29, 1.82) is 0 Å². The Balaban J connectivity index is 2.92. The van der Waals surface area contributed by atoms with E-state index in [2.05, 4.69) is 10.5 Å². The van der Waals surface area contributed by atoms with Gasteiger partial charge in [-0.05, 0) is 12.1 Å². The van der Waals surface area contributed by atoms with Crippen LogP contribution in [-0.2, 0) is 4.79 Å². The third-order valence-electron chi connectivity index (χ3n) is 1.59. The number of benzene rings is 1. The van der Waals surface area contributed by atoms with Gasteiger partial charge in [0.25, 0.3) is 0 Å². The summed E-state index contributed by atoms with van der Waals surface area (Å²) in [5.74, 6) is -1.90. The molecule has 0 aliphatic carbocycles. The molecule has 0 aliphatic heterocycles. The molecule has 15 heavy (non-hydrogen) atoms. The zero-order valence-corrected chi connectivity index (χ0v) is 7.93. The molecule has 0 bridgehead atoms. The molecule has 6 heteroatoms. The lowest BCUT2D eigenvalue weighted by atomic mass is 10.2. The quantitative estimate of drug-likeness (QED) is 0.319. The summed E-state index contributed by atoms with van der Waals surface area (Å²) in [5.41, 5.74) is 2.31. The molecule has 0 saturated heterocycles. The summed E-state index contributed by atoms with van der Waals surface area (Å²) in [7, 11) is 0. The Morgan fingerprint density at radius 1 is 1.33 bits per heavy atom. The summed E-state index contributed by atoms with van der Waals surface area (Å²) in [4.78, 5) is 10.5. The molecule has 0 atom stereocenters. The summed E-state index contributed by atoms with van der Waals surface area (Å²) >= 11 is 0. The molecule has 6 nitrogen and oxygen atoms in total. The number of hydrogen-bond donors (Lipinski definition) is 4. The van der Waals surface area contributed by atoms with Gasteiger partial charge in [0.05, 0.1) is 6.21 Å². The maximum absolute atomic E-state index is 10.5. The highest BCUT2D eigenvalue weighted by Crippen LogP contribution is 2.35. The van der Waals surface area contributed by atoms with E-state index < -0.39 is 17.2 Å². The molecule has 1 rings (SSSR count). The monoisotopic (exact) mass is 210 g/mol. The van der Waals surface area contributed by atoms with Gasteiger partial charge in [-0.2, -0.15) is 5.10 Å². The second-order valence-electron chi connectivity index (χ2n) is 2.80. The van der Waals surface area contributed by atoms with Crippen molar-refractivity contribution < 1.29 is 20.1 Å². The largest absolute Gasteiger partial charge is 0.504 e. The average molecular weight is 210 g/mol. The van der Waals surface area contributed by atoms with Crippen molar-refractivity contribution in [2.24, 2.45) is 5.10 Å². The molecule has 4 N–H and O–H groups in total. The Bertz CT molecular complexity index is 415. The average Bonchev–Trinajstić information content (AvgIpc) is 2.18. The number of amides is 1. The first-order valence-corrected chi connectivity index (χ1v) is 4.06. The van der Waals surface area contributed by atoms with E-state index in [1.54, 1.807) is 0 Å². The van der Waals surface area contributed by atoms with Gasteiger partial charge in [-0.15, -0.1) is 0 Å². The van der Waals surface area contributed by atoms with Crippen LogP contribution < -0.4 is 5.43 Å². The van der Waals surface area contributed by atoms with E-state index in [-0.39, 0.29) is 11.5 Å². The van der Waals surface area contributed by atoms with Crippen LogP contribution in [0.4, 0.5) is 0 Å². The van der Waals surface area contributed by atoms with Crippen molar-refractivity contribution in [2.75, 3.05) is 0 Å². The summed E-state index contributed by atoms with van der Waals surface area (Å²) in [5, 5.41) is 31.0. The fraction of sp³-hybridized carbons (Fsp3) is 0.111. The van der Waals surface area contributed by atoms with Crippen LogP contribution in [0.25, 0.3) is 0 Å². The molecule has 0 heterocycles. The van der Waals surface area contributed by atoms with Gasteiger partial charge in [-0.3, -0.25) is 4.79 Å².